The summed E-state index contributed by atoms with van der Waals surface area (Å²) in [6.45, 7) is 0. The summed E-state index contributed by atoms with van der Waals surface area (Å²) >= 11 is 12.7. The second kappa shape index (κ2) is 6.47. The van der Waals surface area contributed by atoms with E-state index in [1.165, 1.54) is 5.56 Å². The van der Waals surface area contributed by atoms with Gasteiger partial charge in [-0.2, -0.15) is 0 Å². The van der Waals surface area contributed by atoms with Gasteiger partial charge in [-0.15, -0.1) is 0 Å². The van der Waals surface area contributed by atoms with Crippen LogP contribution < -0.4 is 14.8 Å². The van der Waals surface area contributed by atoms with Crippen molar-refractivity contribution in [2.24, 2.45) is 5.92 Å². The minimum Gasteiger partial charge on any atom is -0.493 e. The van der Waals surface area contributed by atoms with E-state index in [1.54, 1.807) is 14.2 Å². The van der Waals surface area contributed by atoms with Crippen LogP contribution in [0.15, 0.2) is 42.5 Å². The molecule has 0 amide bonds. The Morgan fingerprint density at radius 2 is 1.84 bits per heavy atom. The molecule has 25 heavy (non-hydrogen) atoms. The fourth-order valence-corrected chi connectivity index (χ4v) is 4.36. The molecule has 2 aromatic rings. The number of methoxy groups -OCH3 is 2. The summed E-state index contributed by atoms with van der Waals surface area (Å²) in [5.74, 6) is 2.23. The van der Waals surface area contributed by atoms with Gasteiger partial charge in [-0.25, -0.2) is 0 Å². The lowest BCUT2D eigenvalue weighted by molar-refractivity contribution is 0.353. The molecular formula is C20H19Cl2NO2. The van der Waals surface area contributed by atoms with Gasteiger partial charge in [0.2, 0.25) is 0 Å². The Morgan fingerprint density at radius 3 is 2.60 bits per heavy atom. The van der Waals surface area contributed by atoms with Crippen molar-refractivity contribution in [1.29, 1.82) is 0 Å². The molecule has 4 rings (SSSR count). The Kier molecular flexibility index (Phi) is 4.30. The summed E-state index contributed by atoms with van der Waals surface area (Å²) in [5, 5.41) is 4.79. The number of allylic oxidation sites excluding steroid dienone is 2. The zero-order valence-electron chi connectivity index (χ0n) is 14.1. The summed E-state index contributed by atoms with van der Waals surface area (Å²) in [6, 6.07) is 10.2. The molecule has 2 aromatic carbocycles. The number of hydrogen-bond donors (Lipinski definition) is 1. The highest BCUT2D eigenvalue weighted by atomic mass is 35.5. The van der Waals surface area contributed by atoms with E-state index >= 15 is 0 Å². The van der Waals surface area contributed by atoms with Crippen molar-refractivity contribution in [3.63, 3.8) is 0 Å². The maximum absolute atomic E-state index is 6.50. The molecule has 0 saturated heterocycles. The summed E-state index contributed by atoms with van der Waals surface area (Å²) < 4.78 is 10.8. The van der Waals surface area contributed by atoms with Gasteiger partial charge in [0.1, 0.15) is 0 Å². The third-order valence-electron chi connectivity index (χ3n) is 5.19. The molecular weight excluding hydrogens is 357 g/mol. The molecule has 1 N–H and O–H groups in total. The molecule has 3 atom stereocenters. The molecule has 0 aromatic heterocycles. The monoisotopic (exact) mass is 375 g/mol. The van der Waals surface area contributed by atoms with E-state index in [9.17, 15) is 0 Å². The predicted molar refractivity (Wildman–Crippen MR) is 102 cm³/mol. The summed E-state index contributed by atoms with van der Waals surface area (Å²) in [6.07, 6.45) is 5.56. The van der Waals surface area contributed by atoms with Gasteiger partial charge in [-0.05, 0) is 41.7 Å². The van der Waals surface area contributed by atoms with Gasteiger partial charge in [0.25, 0.3) is 0 Å². The van der Waals surface area contributed by atoms with Crippen LogP contribution in [-0.4, -0.2) is 14.2 Å². The molecule has 0 saturated carbocycles. The minimum atomic E-state index is 0.128. The summed E-state index contributed by atoms with van der Waals surface area (Å²) in [5.41, 5.74) is 3.30. The van der Waals surface area contributed by atoms with E-state index in [2.05, 4.69) is 29.6 Å². The van der Waals surface area contributed by atoms with Crippen molar-refractivity contribution in [2.45, 2.75) is 18.4 Å². The zero-order chi connectivity index (χ0) is 17.6. The molecule has 5 heteroatoms. The lowest BCUT2D eigenvalue weighted by Gasteiger charge is -2.38. The molecule has 0 radical (unpaired) electrons. The van der Waals surface area contributed by atoms with E-state index in [1.807, 2.05) is 18.2 Å². The number of rotatable bonds is 3. The van der Waals surface area contributed by atoms with E-state index in [0.717, 1.165) is 29.2 Å². The maximum atomic E-state index is 6.50. The predicted octanol–water partition coefficient (Wildman–Crippen LogP) is 5.84. The molecule has 3 unspecified atom stereocenters. The van der Waals surface area contributed by atoms with Crippen LogP contribution in [0.25, 0.3) is 0 Å². The standard InChI is InChI=1S/C20H19Cl2NO2/c1-24-16-9-6-11(10-17(16)25-2)19-13-5-3-4-12(13)14-7-8-15(21)18(22)20(14)23-19/h3-4,6-10,12-13,19,23H,5H2,1-2H3. The van der Waals surface area contributed by atoms with Gasteiger partial charge in [0, 0.05) is 5.92 Å². The van der Waals surface area contributed by atoms with Gasteiger partial charge >= 0.3 is 0 Å². The second-order valence-electron chi connectivity index (χ2n) is 6.42. The van der Waals surface area contributed by atoms with Crippen LogP contribution >= 0.6 is 23.2 Å². The molecule has 130 valence electrons. The number of anilines is 1. The number of halogens is 2. The van der Waals surface area contributed by atoms with Gasteiger partial charge in [0.15, 0.2) is 11.5 Å². The van der Waals surface area contributed by atoms with E-state index in [0.29, 0.717) is 21.9 Å². The third kappa shape index (κ3) is 2.66. The van der Waals surface area contributed by atoms with Crippen molar-refractivity contribution in [1.82, 2.24) is 0 Å². The van der Waals surface area contributed by atoms with Crippen LogP contribution in [0.2, 0.25) is 10.0 Å². The SMILES string of the molecule is COc1ccc(C2Nc3c(ccc(Cl)c3Cl)C3C=CCC32)cc1OC. The first-order valence-electron chi connectivity index (χ1n) is 8.27. The van der Waals surface area contributed by atoms with E-state index in [4.69, 9.17) is 32.7 Å². The molecule has 1 aliphatic carbocycles. The maximum Gasteiger partial charge on any atom is 0.161 e. The highest BCUT2D eigenvalue weighted by Gasteiger charge is 2.39. The van der Waals surface area contributed by atoms with Crippen molar-refractivity contribution in [3.05, 3.63) is 63.7 Å². The third-order valence-corrected chi connectivity index (χ3v) is 6.00. The first-order valence-corrected chi connectivity index (χ1v) is 9.02. The largest absolute Gasteiger partial charge is 0.493 e. The second-order valence-corrected chi connectivity index (χ2v) is 7.20. The molecule has 0 spiro atoms. The minimum absolute atomic E-state index is 0.128. The van der Waals surface area contributed by atoms with Crippen LogP contribution in [0.3, 0.4) is 0 Å². The zero-order valence-corrected chi connectivity index (χ0v) is 15.6. The fourth-order valence-electron chi connectivity index (χ4n) is 3.98. The molecule has 2 aliphatic rings. The smallest absolute Gasteiger partial charge is 0.161 e. The fraction of sp³-hybridized carbons (Fsp3) is 0.300. The normalized spacial score (nSPS) is 23.6. The molecule has 0 fully saturated rings. The van der Waals surface area contributed by atoms with Crippen LogP contribution in [0.5, 0.6) is 11.5 Å². The van der Waals surface area contributed by atoms with E-state index in [-0.39, 0.29) is 6.04 Å². The van der Waals surface area contributed by atoms with E-state index < -0.39 is 0 Å². The lowest BCUT2D eigenvalue weighted by Crippen LogP contribution is -2.29. The molecule has 1 aliphatic heterocycles. The first kappa shape index (κ1) is 16.6. The van der Waals surface area contributed by atoms with Gasteiger partial charge in [0.05, 0.1) is 36.0 Å². The van der Waals surface area contributed by atoms with Gasteiger partial charge in [-0.1, -0.05) is 47.5 Å². The Morgan fingerprint density at radius 1 is 1.04 bits per heavy atom. The topological polar surface area (TPSA) is 30.5 Å². The number of ether oxygens (including phenoxy) is 2. The number of benzene rings is 2. The molecule has 0 bridgehead atoms. The molecule has 1 heterocycles. The highest BCUT2D eigenvalue weighted by Crippen LogP contribution is 2.53. The average Bonchev–Trinajstić information content (AvgIpc) is 3.13. The first-order chi connectivity index (χ1) is 12.1. The van der Waals surface area contributed by atoms with Crippen molar-refractivity contribution < 1.29 is 9.47 Å². The van der Waals surface area contributed by atoms with Crippen LogP contribution in [-0.2, 0) is 0 Å². The van der Waals surface area contributed by atoms with Crippen LogP contribution in [0, 0.1) is 5.92 Å². The van der Waals surface area contributed by atoms with Crippen molar-refractivity contribution in [2.75, 3.05) is 19.5 Å². The van der Waals surface area contributed by atoms with Crippen molar-refractivity contribution in [3.8, 4) is 11.5 Å². The van der Waals surface area contributed by atoms with Crippen LogP contribution in [0.4, 0.5) is 5.69 Å². The highest BCUT2D eigenvalue weighted by molar-refractivity contribution is 6.43. The molecule has 3 nitrogen and oxygen atoms in total. The Bertz CT molecular complexity index is 850. The van der Waals surface area contributed by atoms with Gasteiger partial charge in [-0.3, -0.25) is 0 Å². The average molecular weight is 376 g/mol. The summed E-state index contributed by atoms with van der Waals surface area (Å²) in [4.78, 5) is 0. The van der Waals surface area contributed by atoms with Crippen LogP contribution in [0.1, 0.15) is 29.5 Å². The Balaban J connectivity index is 1.80. The van der Waals surface area contributed by atoms with Crippen molar-refractivity contribution >= 4 is 28.9 Å². The number of hydrogen-bond acceptors (Lipinski definition) is 3. The number of nitrogens with one attached hydrogen (secondary N) is 1. The summed E-state index contributed by atoms with van der Waals surface area (Å²) in [7, 11) is 3.30. The Labute approximate surface area is 157 Å². The van der Waals surface area contributed by atoms with Gasteiger partial charge < -0.3 is 14.8 Å². The lowest BCUT2D eigenvalue weighted by atomic mass is 9.77. The quantitative estimate of drug-likeness (QED) is 0.683. The number of fused-ring (bicyclic) bond motifs is 3. The Hall–Kier alpha value is -1.84.